The molecule has 0 aliphatic heterocycles. The number of anilines is 2. The minimum Gasteiger partial charge on any atom is -0.324 e. The lowest BCUT2D eigenvalue weighted by molar-refractivity contribution is -0.115. The van der Waals surface area contributed by atoms with Crippen molar-refractivity contribution in [2.45, 2.75) is 17.1 Å². The molecular weight excluding hydrogens is 584 g/mol. The van der Waals surface area contributed by atoms with Gasteiger partial charge in [-0.15, -0.1) is 11.8 Å². The maximum atomic E-state index is 14.4. The molecule has 0 heterocycles. The first-order valence-electron chi connectivity index (χ1n) is 12.4. The zero-order valence-electron chi connectivity index (χ0n) is 21.7. The topological polar surface area (TPSA) is 87.3 Å². The predicted molar refractivity (Wildman–Crippen MR) is 164 cm³/mol. The molecular formula is C31H24Cl2FN3O3S. The van der Waals surface area contributed by atoms with E-state index in [0.29, 0.717) is 31.9 Å². The highest BCUT2D eigenvalue weighted by Gasteiger charge is 2.18. The molecule has 0 bridgehead atoms. The SMILES string of the molecule is CC(Sc1cccc(NC(=O)/C(=C/c2ccccc2F)NC(=O)c2ccccc2)c1)C(=O)Nc1cc(Cl)ccc1Cl. The van der Waals surface area contributed by atoms with Gasteiger partial charge >= 0.3 is 0 Å². The van der Waals surface area contributed by atoms with E-state index >= 15 is 0 Å². The van der Waals surface area contributed by atoms with Crippen LogP contribution >= 0.6 is 35.0 Å². The van der Waals surface area contributed by atoms with E-state index in [0.717, 1.165) is 0 Å². The number of hydrogen-bond donors (Lipinski definition) is 3. The van der Waals surface area contributed by atoms with Crippen molar-refractivity contribution in [3.05, 3.63) is 130 Å². The smallest absolute Gasteiger partial charge is 0.272 e. The van der Waals surface area contributed by atoms with Gasteiger partial charge in [-0.2, -0.15) is 0 Å². The molecule has 208 valence electrons. The zero-order valence-corrected chi connectivity index (χ0v) is 24.0. The molecule has 3 N–H and O–H groups in total. The van der Waals surface area contributed by atoms with Crippen molar-refractivity contribution in [2.24, 2.45) is 0 Å². The van der Waals surface area contributed by atoms with Crippen LogP contribution in [0.4, 0.5) is 15.8 Å². The van der Waals surface area contributed by atoms with E-state index in [1.807, 2.05) is 0 Å². The predicted octanol–water partition coefficient (Wildman–Crippen LogP) is 7.66. The zero-order chi connectivity index (χ0) is 29.4. The summed E-state index contributed by atoms with van der Waals surface area (Å²) >= 11 is 13.4. The van der Waals surface area contributed by atoms with Gasteiger partial charge in [0.05, 0.1) is 16.0 Å². The second-order valence-corrected chi connectivity index (χ2v) is 11.0. The molecule has 0 spiro atoms. The number of nitrogens with one attached hydrogen (secondary N) is 3. The van der Waals surface area contributed by atoms with E-state index in [-0.39, 0.29) is 17.2 Å². The van der Waals surface area contributed by atoms with Gasteiger partial charge in [-0.05, 0) is 67.6 Å². The number of carbonyl (C=O) groups is 3. The summed E-state index contributed by atoms with van der Waals surface area (Å²) in [5.74, 6) is -2.00. The first kappa shape index (κ1) is 29.9. The van der Waals surface area contributed by atoms with Gasteiger partial charge in [0.2, 0.25) is 5.91 Å². The second-order valence-electron chi connectivity index (χ2n) is 8.76. The minimum atomic E-state index is -0.652. The Labute approximate surface area is 250 Å². The van der Waals surface area contributed by atoms with Crippen molar-refractivity contribution in [3.8, 4) is 0 Å². The van der Waals surface area contributed by atoms with Crippen molar-refractivity contribution >= 4 is 70.1 Å². The average molecular weight is 609 g/mol. The van der Waals surface area contributed by atoms with Crippen molar-refractivity contribution in [2.75, 3.05) is 10.6 Å². The fourth-order valence-electron chi connectivity index (χ4n) is 3.62. The molecule has 1 atom stereocenters. The summed E-state index contributed by atoms with van der Waals surface area (Å²) in [6, 6.07) is 26.0. The third-order valence-electron chi connectivity index (χ3n) is 5.69. The Kier molecular flexibility index (Phi) is 10.2. The molecule has 0 saturated carbocycles. The Bertz CT molecular complexity index is 1620. The second kappa shape index (κ2) is 14.0. The molecule has 4 rings (SSSR count). The number of halogens is 3. The number of thioether (sulfide) groups is 1. The lowest BCUT2D eigenvalue weighted by atomic mass is 10.1. The number of hydrogen-bond acceptors (Lipinski definition) is 4. The summed E-state index contributed by atoms with van der Waals surface area (Å²) < 4.78 is 14.4. The van der Waals surface area contributed by atoms with Crippen LogP contribution in [0.1, 0.15) is 22.8 Å². The summed E-state index contributed by atoms with van der Waals surface area (Å²) in [4.78, 5) is 39.6. The first-order chi connectivity index (χ1) is 19.7. The van der Waals surface area contributed by atoms with Gasteiger partial charge in [0.1, 0.15) is 11.5 Å². The maximum Gasteiger partial charge on any atom is 0.272 e. The van der Waals surface area contributed by atoms with Crippen LogP contribution in [0.2, 0.25) is 10.0 Å². The van der Waals surface area contributed by atoms with Crippen molar-refractivity contribution < 1.29 is 18.8 Å². The third-order valence-corrected chi connectivity index (χ3v) is 7.35. The quantitative estimate of drug-likeness (QED) is 0.135. The molecule has 10 heteroatoms. The fraction of sp³-hybridized carbons (Fsp3) is 0.0645. The third kappa shape index (κ3) is 8.44. The van der Waals surface area contributed by atoms with Crippen molar-refractivity contribution in [1.29, 1.82) is 0 Å². The lowest BCUT2D eigenvalue weighted by Crippen LogP contribution is -2.30. The fourth-order valence-corrected chi connectivity index (χ4v) is 4.88. The van der Waals surface area contributed by atoms with Gasteiger partial charge in [0.25, 0.3) is 11.8 Å². The van der Waals surface area contributed by atoms with E-state index in [1.54, 1.807) is 85.8 Å². The molecule has 0 saturated heterocycles. The van der Waals surface area contributed by atoms with Crippen molar-refractivity contribution in [1.82, 2.24) is 5.32 Å². The highest BCUT2D eigenvalue weighted by molar-refractivity contribution is 8.00. The highest BCUT2D eigenvalue weighted by Crippen LogP contribution is 2.29. The van der Waals surface area contributed by atoms with Gasteiger partial charge in [-0.3, -0.25) is 14.4 Å². The van der Waals surface area contributed by atoms with Crippen LogP contribution in [0.15, 0.2) is 108 Å². The molecule has 0 aliphatic carbocycles. The number of carbonyl (C=O) groups excluding carboxylic acids is 3. The molecule has 0 aromatic heterocycles. The Morgan fingerprint density at radius 1 is 0.854 bits per heavy atom. The molecule has 41 heavy (non-hydrogen) atoms. The van der Waals surface area contributed by atoms with E-state index in [9.17, 15) is 18.8 Å². The summed E-state index contributed by atoms with van der Waals surface area (Å²) in [5.41, 5.74) is 1.15. The van der Waals surface area contributed by atoms with Crippen molar-refractivity contribution in [3.63, 3.8) is 0 Å². The van der Waals surface area contributed by atoms with Gasteiger partial charge in [0, 0.05) is 26.7 Å². The molecule has 1 unspecified atom stereocenters. The molecule has 0 radical (unpaired) electrons. The Hall–Kier alpha value is -4.11. The Morgan fingerprint density at radius 2 is 1.59 bits per heavy atom. The molecule has 3 amide bonds. The average Bonchev–Trinajstić information content (AvgIpc) is 2.96. The van der Waals surface area contributed by atoms with Crippen LogP contribution in [0, 0.1) is 5.82 Å². The summed E-state index contributed by atoms with van der Waals surface area (Å²) in [6.45, 7) is 1.73. The molecule has 0 aliphatic rings. The van der Waals surface area contributed by atoms with Gasteiger partial charge in [-0.1, -0.05) is 65.7 Å². The molecule has 4 aromatic rings. The molecule has 6 nitrogen and oxygen atoms in total. The van der Waals surface area contributed by atoms with E-state index in [2.05, 4.69) is 16.0 Å². The normalized spacial score (nSPS) is 11.9. The Morgan fingerprint density at radius 3 is 2.34 bits per heavy atom. The number of rotatable bonds is 9. The summed E-state index contributed by atoms with van der Waals surface area (Å²) in [7, 11) is 0. The van der Waals surface area contributed by atoms with Crippen LogP contribution in [0.5, 0.6) is 0 Å². The monoisotopic (exact) mass is 607 g/mol. The molecule has 0 fully saturated rings. The van der Waals surface area contributed by atoms with Gasteiger partial charge in [-0.25, -0.2) is 4.39 Å². The summed E-state index contributed by atoms with van der Waals surface area (Å²) in [5, 5.41) is 8.39. The Balaban J connectivity index is 1.49. The van der Waals surface area contributed by atoms with E-state index in [4.69, 9.17) is 23.2 Å². The minimum absolute atomic E-state index is 0.134. The first-order valence-corrected chi connectivity index (χ1v) is 14.0. The standard InChI is InChI=1S/C31H24Cl2FN3O3S/c1-19(29(38)36-27-17-22(32)14-15-25(27)33)41-24-12-7-11-23(18-24)35-31(40)28(16-21-10-5-6-13-26(21)34)37-30(39)20-8-3-2-4-9-20/h2-19H,1H3,(H,35,40)(H,36,38)(H,37,39)/b28-16-. The van der Waals surface area contributed by atoms with Crippen LogP contribution in [-0.4, -0.2) is 23.0 Å². The van der Waals surface area contributed by atoms with E-state index in [1.165, 1.54) is 36.0 Å². The number of benzene rings is 4. The van der Waals surface area contributed by atoms with Crippen LogP contribution in [0.25, 0.3) is 6.08 Å². The highest BCUT2D eigenvalue weighted by atomic mass is 35.5. The maximum absolute atomic E-state index is 14.4. The number of amides is 3. The molecule has 4 aromatic carbocycles. The van der Waals surface area contributed by atoms with Crippen LogP contribution in [0.3, 0.4) is 0 Å². The van der Waals surface area contributed by atoms with Gasteiger partial charge < -0.3 is 16.0 Å². The van der Waals surface area contributed by atoms with Crippen LogP contribution in [-0.2, 0) is 9.59 Å². The lowest BCUT2D eigenvalue weighted by Gasteiger charge is -2.15. The van der Waals surface area contributed by atoms with Gasteiger partial charge in [0.15, 0.2) is 0 Å². The largest absolute Gasteiger partial charge is 0.324 e. The summed E-state index contributed by atoms with van der Waals surface area (Å²) in [6.07, 6.45) is 1.28. The van der Waals surface area contributed by atoms with Crippen LogP contribution < -0.4 is 16.0 Å². The van der Waals surface area contributed by atoms with E-state index < -0.39 is 22.9 Å².